The highest BCUT2D eigenvalue weighted by Gasteiger charge is 2.31. The predicted octanol–water partition coefficient (Wildman–Crippen LogP) is 3.97. The topological polar surface area (TPSA) is 66.0 Å². The van der Waals surface area contributed by atoms with Gasteiger partial charge in [0.05, 0.1) is 17.0 Å². The summed E-state index contributed by atoms with van der Waals surface area (Å²) in [6.07, 6.45) is -2.27. The summed E-state index contributed by atoms with van der Waals surface area (Å²) in [5, 5.41) is 4.44. The van der Waals surface area contributed by atoms with Gasteiger partial charge < -0.3 is 0 Å². The van der Waals surface area contributed by atoms with Crippen LogP contribution in [0.2, 0.25) is 0 Å². The van der Waals surface area contributed by atoms with Crippen molar-refractivity contribution in [3.8, 4) is 5.82 Å². The summed E-state index contributed by atoms with van der Waals surface area (Å²) in [4.78, 5) is 8.96. The van der Waals surface area contributed by atoms with Gasteiger partial charge >= 0.3 is 6.18 Å². The fraction of sp³-hybridized carbons (Fsp3) is 0.263. The van der Waals surface area contributed by atoms with Crippen molar-refractivity contribution in [2.45, 2.75) is 32.5 Å². The molecule has 0 radical (unpaired) electrons. The Hall–Kier alpha value is -2.78. The molecule has 0 amide bonds. The van der Waals surface area contributed by atoms with Crippen LogP contribution in [0.4, 0.5) is 17.6 Å². The molecule has 0 unspecified atom stereocenters. The molecule has 0 aliphatic rings. The summed E-state index contributed by atoms with van der Waals surface area (Å²) in [5.74, 6) is 4.70. The zero-order valence-electron chi connectivity index (χ0n) is 15.0. The van der Waals surface area contributed by atoms with Gasteiger partial charge in [0, 0.05) is 6.20 Å². The Kier molecular flexibility index (Phi) is 5.76. The summed E-state index contributed by atoms with van der Waals surface area (Å²) >= 11 is 0. The highest BCUT2D eigenvalue weighted by molar-refractivity contribution is 5.35. The van der Waals surface area contributed by atoms with Crippen LogP contribution >= 0.6 is 0 Å². The second-order valence-electron chi connectivity index (χ2n) is 6.25. The smallest absolute Gasteiger partial charge is 0.298 e. The SMILES string of the molecule is CCc1cc(CON)n(-c2cc(Cc3cc(F)cc(C(F)(F)F)c3)ccn2)n1. The van der Waals surface area contributed by atoms with Crippen LogP contribution in [-0.4, -0.2) is 14.8 Å². The van der Waals surface area contributed by atoms with Crippen LogP contribution in [0.3, 0.4) is 0 Å². The van der Waals surface area contributed by atoms with Crippen LogP contribution in [-0.2, 0) is 30.5 Å². The molecule has 5 nitrogen and oxygen atoms in total. The molecular formula is C19H18F4N4O. The van der Waals surface area contributed by atoms with Gasteiger partial charge in [-0.25, -0.2) is 20.0 Å². The van der Waals surface area contributed by atoms with Gasteiger partial charge in [-0.1, -0.05) is 6.92 Å². The number of halogens is 4. The van der Waals surface area contributed by atoms with Crippen molar-refractivity contribution in [1.29, 1.82) is 0 Å². The van der Waals surface area contributed by atoms with Crippen molar-refractivity contribution in [1.82, 2.24) is 14.8 Å². The van der Waals surface area contributed by atoms with Crippen LogP contribution < -0.4 is 5.90 Å². The molecule has 0 bridgehead atoms. The van der Waals surface area contributed by atoms with Gasteiger partial charge in [0.25, 0.3) is 0 Å². The molecule has 0 spiro atoms. The molecule has 1 aromatic carbocycles. The normalized spacial score (nSPS) is 11.8. The minimum absolute atomic E-state index is 0.112. The van der Waals surface area contributed by atoms with Crippen LogP contribution in [0.5, 0.6) is 0 Å². The number of nitrogens with two attached hydrogens (primary N) is 1. The average Bonchev–Trinajstić information content (AvgIpc) is 3.04. The van der Waals surface area contributed by atoms with E-state index in [0.29, 0.717) is 29.6 Å². The number of pyridine rings is 1. The van der Waals surface area contributed by atoms with E-state index < -0.39 is 17.6 Å². The number of aromatic nitrogens is 3. The third kappa shape index (κ3) is 4.55. The molecular weight excluding hydrogens is 376 g/mol. The van der Waals surface area contributed by atoms with Crippen molar-refractivity contribution >= 4 is 0 Å². The largest absolute Gasteiger partial charge is 0.416 e. The lowest BCUT2D eigenvalue weighted by molar-refractivity contribution is -0.137. The predicted molar refractivity (Wildman–Crippen MR) is 93.9 cm³/mol. The van der Waals surface area contributed by atoms with E-state index in [1.54, 1.807) is 16.8 Å². The first-order valence-electron chi connectivity index (χ1n) is 8.51. The minimum atomic E-state index is -4.61. The van der Waals surface area contributed by atoms with E-state index in [2.05, 4.69) is 10.1 Å². The van der Waals surface area contributed by atoms with Gasteiger partial charge in [0.2, 0.25) is 0 Å². The van der Waals surface area contributed by atoms with Crippen molar-refractivity contribution < 1.29 is 22.4 Å². The third-order valence-electron chi connectivity index (χ3n) is 4.15. The summed E-state index contributed by atoms with van der Waals surface area (Å²) in [7, 11) is 0. The number of benzene rings is 1. The highest BCUT2D eigenvalue weighted by Crippen LogP contribution is 2.31. The lowest BCUT2D eigenvalue weighted by Crippen LogP contribution is -2.09. The van der Waals surface area contributed by atoms with Gasteiger partial charge in [-0.15, -0.1) is 0 Å². The molecule has 0 atom stereocenters. The van der Waals surface area contributed by atoms with Crippen LogP contribution in [0.15, 0.2) is 42.6 Å². The maximum Gasteiger partial charge on any atom is 0.416 e. The van der Waals surface area contributed by atoms with E-state index in [-0.39, 0.29) is 18.6 Å². The Bertz CT molecular complexity index is 969. The molecule has 3 rings (SSSR count). The number of alkyl halides is 3. The minimum Gasteiger partial charge on any atom is -0.298 e. The maximum absolute atomic E-state index is 13.6. The monoisotopic (exact) mass is 394 g/mol. The molecule has 2 aromatic heterocycles. The summed E-state index contributed by atoms with van der Waals surface area (Å²) in [5.41, 5.74) is 1.37. The summed E-state index contributed by atoms with van der Waals surface area (Å²) in [6, 6.07) is 7.70. The molecule has 28 heavy (non-hydrogen) atoms. The van der Waals surface area contributed by atoms with Gasteiger partial charge in [0.1, 0.15) is 12.4 Å². The fourth-order valence-electron chi connectivity index (χ4n) is 2.87. The molecule has 148 valence electrons. The Morgan fingerprint density at radius 1 is 1.11 bits per heavy atom. The Labute approximate surface area is 158 Å². The second kappa shape index (κ2) is 8.07. The second-order valence-corrected chi connectivity index (χ2v) is 6.25. The Morgan fingerprint density at radius 2 is 1.89 bits per heavy atom. The first kappa shape index (κ1) is 20.0. The van der Waals surface area contributed by atoms with Gasteiger partial charge in [0.15, 0.2) is 5.82 Å². The molecule has 9 heteroatoms. The standard InChI is InChI=1S/C19H18F4N4O/c1-2-16-10-17(11-28-24)27(26-16)18-8-12(3-4-25-18)5-13-6-14(19(21,22)23)9-15(20)7-13/h3-4,6-10H,2,5,11,24H2,1H3. The van der Waals surface area contributed by atoms with Crippen LogP contribution in [0.1, 0.15) is 35.0 Å². The highest BCUT2D eigenvalue weighted by atomic mass is 19.4. The van der Waals surface area contributed by atoms with Crippen molar-refractivity contribution in [3.05, 3.63) is 76.5 Å². The molecule has 0 aliphatic heterocycles. The Balaban J connectivity index is 1.93. The molecule has 3 aromatic rings. The number of hydrogen-bond donors (Lipinski definition) is 1. The molecule has 2 N–H and O–H groups in total. The van der Waals surface area contributed by atoms with Gasteiger partial charge in [-0.05, 0) is 60.4 Å². The lowest BCUT2D eigenvalue weighted by Gasteiger charge is -2.11. The number of nitrogens with zero attached hydrogens (tertiary/aromatic N) is 3. The van der Waals surface area contributed by atoms with Crippen LogP contribution in [0, 0.1) is 5.82 Å². The first-order chi connectivity index (χ1) is 13.3. The van der Waals surface area contributed by atoms with E-state index in [0.717, 1.165) is 17.8 Å². The quantitative estimate of drug-likeness (QED) is 0.508. The molecule has 0 saturated heterocycles. The molecule has 0 fully saturated rings. The van der Waals surface area contributed by atoms with E-state index in [1.807, 2.05) is 13.0 Å². The van der Waals surface area contributed by atoms with E-state index in [9.17, 15) is 17.6 Å². The van der Waals surface area contributed by atoms with E-state index in [1.165, 1.54) is 6.20 Å². The zero-order chi connectivity index (χ0) is 20.3. The lowest BCUT2D eigenvalue weighted by atomic mass is 10.0. The Morgan fingerprint density at radius 3 is 2.57 bits per heavy atom. The van der Waals surface area contributed by atoms with E-state index >= 15 is 0 Å². The van der Waals surface area contributed by atoms with Crippen molar-refractivity contribution in [2.75, 3.05) is 0 Å². The zero-order valence-corrected chi connectivity index (χ0v) is 15.0. The van der Waals surface area contributed by atoms with Gasteiger partial charge in [-0.3, -0.25) is 4.84 Å². The van der Waals surface area contributed by atoms with Gasteiger partial charge in [-0.2, -0.15) is 18.3 Å². The van der Waals surface area contributed by atoms with Crippen LogP contribution in [0.25, 0.3) is 5.82 Å². The molecule has 2 heterocycles. The number of rotatable bonds is 6. The molecule has 0 saturated carbocycles. The average molecular weight is 394 g/mol. The van der Waals surface area contributed by atoms with E-state index in [4.69, 9.17) is 10.7 Å². The maximum atomic E-state index is 13.6. The van der Waals surface area contributed by atoms with Crippen molar-refractivity contribution in [3.63, 3.8) is 0 Å². The first-order valence-corrected chi connectivity index (χ1v) is 8.51. The summed E-state index contributed by atoms with van der Waals surface area (Å²) < 4.78 is 53.9. The third-order valence-corrected chi connectivity index (χ3v) is 4.15. The van der Waals surface area contributed by atoms with Crippen molar-refractivity contribution in [2.24, 2.45) is 5.90 Å². The number of hydrogen-bond acceptors (Lipinski definition) is 4. The number of aryl methyl sites for hydroxylation is 1. The fourth-order valence-corrected chi connectivity index (χ4v) is 2.87. The molecule has 0 aliphatic carbocycles. The summed E-state index contributed by atoms with van der Waals surface area (Å²) in [6.45, 7) is 2.07.